The first-order valence-corrected chi connectivity index (χ1v) is 8.13. The minimum atomic E-state index is 0.231. The molecular formula is C19H26O2. The molecule has 1 aliphatic carbocycles. The number of ether oxygens (including phenoxy) is 1. The number of allylic oxidation sites excluding steroid dienone is 2. The molecule has 1 aromatic rings. The van der Waals surface area contributed by atoms with E-state index >= 15 is 0 Å². The molecule has 21 heavy (non-hydrogen) atoms. The van der Waals surface area contributed by atoms with Gasteiger partial charge in [-0.1, -0.05) is 38.0 Å². The van der Waals surface area contributed by atoms with E-state index in [0.717, 1.165) is 38.0 Å². The molecule has 0 spiro atoms. The number of carbonyl (C=O) groups excluding carboxylic acids is 1. The lowest BCUT2D eigenvalue weighted by Gasteiger charge is -2.20. The average Bonchev–Trinajstić information content (AvgIpc) is 2.52. The summed E-state index contributed by atoms with van der Waals surface area (Å²) >= 11 is 0. The van der Waals surface area contributed by atoms with Crippen molar-refractivity contribution in [3.63, 3.8) is 0 Å². The van der Waals surface area contributed by atoms with Crippen LogP contribution in [0.1, 0.15) is 57.9 Å². The third kappa shape index (κ3) is 4.73. The summed E-state index contributed by atoms with van der Waals surface area (Å²) in [7, 11) is 0. The molecule has 2 rings (SSSR count). The van der Waals surface area contributed by atoms with Crippen LogP contribution in [0.15, 0.2) is 30.3 Å². The topological polar surface area (TPSA) is 26.3 Å². The lowest BCUT2D eigenvalue weighted by molar-refractivity contribution is -0.120. The van der Waals surface area contributed by atoms with Crippen LogP contribution in [0.2, 0.25) is 0 Å². The van der Waals surface area contributed by atoms with Gasteiger partial charge in [0.15, 0.2) is 0 Å². The van der Waals surface area contributed by atoms with Gasteiger partial charge >= 0.3 is 0 Å². The number of rotatable bonds is 7. The number of carbonyl (C=O) groups is 1. The highest BCUT2D eigenvalue weighted by molar-refractivity contribution is 5.80. The van der Waals surface area contributed by atoms with E-state index in [2.05, 4.69) is 37.3 Å². The van der Waals surface area contributed by atoms with Crippen molar-refractivity contribution in [1.29, 1.82) is 0 Å². The van der Waals surface area contributed by atoms with Crippen LogP contribution in [0.3, 0.4) is 0 Å². The Labute approximate surface area is 128 Å². The van der Waals surface area contributed by atoms with Gasteiger partial charge in [0, 0.05) is 5.92 Å². The van der Waals surface area contributed by atoms with Crippen LogP contribution in [0, 0.1) is 5.92 Å². The Morgan fingerprint density at radius 2 is 2.00 bits per heavy atom. The summed E-state index contributed by atoms with van der Waals surface area (Å²) in [4.78, 5) is 11.4. The summed E-state index contributed by atoms with van der Waals surface area (Å²) in [5.74, 6) is 1.50. The summed E-state index contributed by atoms with van der Waals surface area (Å²) in [6.07, 6.45) is 8.67. The highest BCUT2D eigenvalue weighted by Crippen LogP contribution is 2.31. The third-order valence-corrected chi connectivity index (χ3v) is 4.23. The van der Waals surface area contributed by atoms with Crippen molar-refractivity contribution < 1.29 is 9.53 Å². The molecular weight excluding hydrogens is 260 g/mol. The van der Waals surface area contributed by atoms with Crippen LogP contribution in [0.25, 0.3) is 5.57 Å². The maximum atomic E-state index is 11.4. The molecule has 0 amide bonds. The fourth-order valence-electron chi connectivity index (χ4n) is 2.77. The molecule has 1 atom stereocenters. The van der Waals surface area contributed by atoms with E-state index in [0.29, 0.717) is 5.78 Å². The molecule has 0 N–H and O–H groups in total. The number of hydrogen-bond acceptors (Lipinski definition) is 2. The molecule has 0 radical (unpaired) electrons. The Kier molecular flexibility index (Phi) is 6.04. The molecule has 0 heterocycles. The van der Waals surface area contributed by atoms with Crippen LogP contribution in [0.5, 0.6) is 5.75 Å². The second-order valence-corrected chi connectivity index (χ2v) is 5.89. The number of ketones is 1. The number of unbranched alkanes of at least 4 members (excludes halogenated alkanes) is 2. The first kappa shape index (κ1) is 15.8. The van der Waals surface area contributed by atoms with E-state index in [1.807, 2.05) is 0 Å². The Balaban J connectivity index is 1.89. The minimum Gasteiger partial charge on any atom is -0.494 e. The molecule has 0 saturated carbocycles. The van der Waals surface area contributed by atoms with Gasteiger partial charge in [-0.05, 0) is 55.9 Å². The van der Waals surface area contributed by atoms with Gasteiger partial charge in [-0.25, -0.2) is 0 Å². The van der Waals surface area contributed by atoms with Crippen molar-refractivity contribution in [2.75, 3.05) is 6.61 Å². The Morgan fingerprint density at radius 1 is 1.24 bits per heavy atom. The van der Waals surface area contributed by atoms with Crippen molar-refractivity contribution in [1.82, 2.24) is 0 Å². The number of hydrogen-bond donors (Lipinski definition) is 0. The molecule has 1 aromatic carbocycles. The molecule has 0 aliphatic heterocycles. The summed E-state index contributed by atoms with van der Waals surface area (Å²) in [5, 5.41) is 0. The van der Waals surface area contributed by atoms with Gasteiger partial charge in [0.05, 0.1) is 6.61 Å². The number of Topliss-reactive ketones (excluding diaryl/α,β-unsaturated/α-hetero) is 1. The molecule has 2 heteroatoms. The lowest BCUT2D eigenvalue weighted by Crippen LogP contribution is -2.13. The molecule has 1 unspecified atom stereocenters. The maximum absolute atomic E-state index is 11.4. The van der Waals surface area contributed by atoms with Crippen molar-refractivity contribution in [3.05, 3.63) is 35.9 Å². The molecule has 0 aromatic heterocycles. The van der Waals surface area contributed by atoms with Crippen LogP contribution in [-0.2, 0) is 4.79 Å². The summed E-state index contributed by atoms with van der Waals surface area (Å²) in [5.41, 5.74) is 2.63. The normalized spacial score (nSPS) is 18.2. The first-order valence-electron chi connectivity index (χ1n) is 8.13. The molecule has 0 bridgehead atoms. The van der Waals surface area contributed by atoms with Gasteiger partial charge in [0.1, 0.15) is 11.5 Å². The molecule has 0 fully saturated rings. The van der Waals surface area contributed by atoms with Crippen LogP contribution >= 0.6 is 0 Å². The summed E-state index contributed by atoms with van der Waals surface area (Å²) in [6, 6.07) is 8.38. The molecule has 2 nitrogen and oxygen atoms in total. The van der Waals surface area contributed by atoms with Gasteiger partial charge < -0.3 is 4.74 Å². The standard InChI is InChI=1S/C19H26O2/c1-3-4-5-14-21-19-12-10-18(11-13-19)17-8-6-16(7-9-17)15(2)20/h8,10-13,16H,3-7,9,14H2,1-2H3. The zero-order valence-corrected chi connectivity index (χ0v) is 13.2. The Bertz CT molecular complexity index is 485. The quantitative estimate of drug-likeness (QED) is 0.657. The second kappa shape index (κ2) is 8.02. The zero-order chi connectivity index (χ0) is 15.1. The first-order chi connectivity index (χ1) is 10.2. The van der Waals surface area contributed by atoms with E-state index in [1.54, 1.807) is 6.92 Å². The SMILES string of the molecule is CCCCCOc1ccc(C2=CCC(C(C)=O)CC2)cc1. The molecule has 0 saturated heterocycles. The van der Waals surface area contributed by atoms with Crippen molar-refractivity contribution in [2.24, 2.45) is 5.92 Å². The highest BCUT2D eigenvalue weighted by atomic mass is 16.5. The van der Waals surface area contributed by atoms with Gasteiger partial charge in [0.25, 0.3) is 0 Å². The van der Waals surface area contributed by atoms with E-state index in [-0.39, 0.29) is 5.92 Å². The van der Waals surface area contributed by atoms with Crippen molar-refractivity contribution in [3.8, 4) is 5.75 Å². The van der Waals surface area contributed by atoms with Crippen molar-refractivity contribution in [2.45, 2.75) is 52.4 Å². The average molecular weight is 286 g/mol. The van der Waals surface area contributed by atoms with Crippen LogP contribution in [0.4, 0.5) is 0 Å². The van der Waals surface area contributed by atoms with Gasteiger partial charge in [0.2, 0.25) is 0 Å². The van der Waals surface area contributed by atoms with Crippen LogP contribution < -0.4 is 4.74 Å². The highest BCUT2D eigenvalue weighted by Gasteiger charge is 2.18. The van der Waals surface area contributed by atoms with Crippen LogP contribution in [-0.4, -0.2) is 12.4 Å². The van der Waals surface area contributed by atoms with Gasteiger partial charge in [-0.2, -0.15) is 0 Å². The van der Waals surface area contributed by atoms with E-state index in [1.165, 1.54) is 24.0 Å². The van der Waals surface area contributed by atoms with Crippen molar-refractivity contribution >= 4 is 11.4 Å². The molecule has 114 valence electrons. The van der Waals surface area contributed by atoms with E-state index < -0.39 is 0 Å². The fraction of sp³-hybridized carbons (Fsp3) is 0.526. The summed E-state index contributed by atoms with van der Waals surface area (Å²) < 4.78 is 5.73. The summed E-state index contributed by atoms with van der Waals surface area (Å²) in [6.45, 7) is 4.70. The predicted molar refractivity (Wildman–Crippen MR) is 87.5 cm³/mol. The van der Waals surface area contributed by atoms with E-state index in [4.69, 9.17) is 4.74 Å². The predicted octanol–water partition coefficient (Wildman–Crippen LogP) is 5.03. The Morgan fingerprint density at radius 3 is 2.57 bits per heavy atom. The van der Waals surface area contributed by atoms with E-state index in [9.17, 15) is 4.79 Å². The Hall–Kier alpha value is -1.57. The smallest absolute Gasteiger partial charge is 0.133 e. The maximum Gasteiger partial charge on any atom is 0.133 e. The number of benzene rings is 1. The molecule has 1 aliphatic rings. The largest absolute Gasteiger partial charge is 0.494 e. The zero-order valence-electron chi connectivity index (χ0n) is 13.2. The van der Waals surface area contributed by atoms with Gasteiger partial charge in [-0.3, -0.25) is 4.79 Å². The third-order valence-electron chi connectivity index (χ3n) is 4.23. The second-order valence-electron chi connectivity index (χ2n) is 5.89. The fourth-order valence-corrected chi connectivity index (χ4v) is 2.77. The van der Waals surface area contributed by atoms with Gasteiger partial charge in [-0.15, -0.1) is 0 Å². The lowest BCUT2D eigenvalue weighted by atomic mass is 9.85. The minimum absolute atomic E-state index is 0.231. The monoisotopic (exact) mass is 286 g/mol.